The minimum Gasteiger partial charge on any atom is -0.497 e. The van der Waals surface area contributed by atoms with E-state index in [1.165, 1.54) is 18.4 Å². The van der Waals surface area contributed by atoms with Crippen LogP contribution in [0.3, 0.4) is 0 Å². The number of ether oxygens (including phenoxy) is 2. The molecule has 6 nitrogen and oxygen atoms in total. The minimum absolute atomic E-state index is 0.00797. The average molecular weight is 461 g/mol. The van der Waals surface area contributed by atoms with Crippen LogP contribution in [0.5, 0.6) is 5.75 Å². The maximum absolute atomic E-state index is 12.7. The van der Waals surface area contributed by atoms with Gasteiger partial charge in [0.1, 0.15) is 17.6 Å². The summed E-state index contributed by atoms with van der Waals surface area (Å²) >= 11 is 9.36. The van der Waals surface area contributed by atoms with Gasteiger partial charge >= 0.3 is 5.97 Å². The van der Waals surface area contributed by atoms with Crippen molar-refractivity contribution in [3.63, 3.8) is 0 Å². The number of hydrogen-bond donors (Lipinski definition) is 0. The second kappa shape index (κ2) is 7.26. The van der Waals surface area contributed by atoms with Gasteiger partial charge in [-0.05, 0) is 58.4 Å². The number of benzene rings is 2. The molecule has 0 amide bonds. The zero-order valence-corrected chi connectivity index (χ0v) is 16.7. The molecule has 0 unspecified atom stereocenters. The van der Waals surface area contributed by atoms with Gasteiger partial charge in [-0.2, -0.15) is 0 Å². The molecular formula is C20H11BrClNO5. The fraction of sp³-hybridized carbons (Fsp3) is 0.0500. The van der Waals surface area contributed by atoms with Crippen molar-refractivity contribution in [3.05, 3.63) is 79.2 Å². The van der Waals surface area contributed by atoms with Crippen LogP contribution in [0.15, 0.2) is 67.0 Å². The lowest BCUT2D eigenvalue weighted by atomic mass is 10.1. The summed E-state index contributed by atoms with van der Waals surface area (Å²) in [7, 11) is 1.55. The van der Waals surface area contributed by atoms with E-state index in [4.69, 9.17) is 25.5 Å². The van der Waals surface area contributed by atoms with Crippen molar-refractivity contribution in [2.45, 2.75) is 0 Å². The normalized spacial score (nSPS) is 15.0. The summed E-state index contributed by atoms with van der Waals surface area (Å²) in [5.74, 6) is 0.103. The van der Waals surface area contributed by atoms with Crippen LogP contribution in [0, 0.1) is 0 Å². The molecule has 0 atom stereocenters. The quantitative estimate of drug-likeness (QED) is 0.423. The number of cyclic esters (lactones) is 1. The number of esters is 1. The van der Waals surface area contributed by atoms with Crippen LogP contribution in [-0.4, -0.2) is 19.0 Å². The van der Waals surface area contributed by atoms with E-state index in [-0.39, 0.29) is 22.6 Å². The standard InChI is InChI=1S/C20H11BrClNO5/c1-26-12-3-4-13(15(21)8-12)19-23-16(20(25)28-19)6-10-9-27-17-5-2-11(22)7-14(17)18(10)24/h2-9H,1H3. The molecule has 1 aliphatic rings. The summed E-state index contributed by atoms with van der Waals surface area (Å²) in [6.45, 7) is 0. The van der Waals surface area contributed by atoms with Crippen LogP contribution in [-0.2, 0) is 9.53 Å². The first kappa shape index (κ1) is 18.5. The summed E-state index contributed by atoms with van der Waals surface area (Å²) in [6.07, 6.45) is 2.61. The van der Waals surface area contributed by atoms with Gasteiger partial charge in [0.05, 0.1) is 23.6 Å². The van der Waals surface area contributed by atoms with Gasteiger partial charge in [-0.1, -0.05) is 11.6 Å². The predicted octanol–water partition coefficient (Wildman–Crippen LogP) is 4.56. The molecule has 0 saturated carbocycles. The Morgan fingerprint density at radius 2 is 2.00 bits per heavy atom. The van der Waals surface area contributed by atoms with Crippen molar-refractivity contribution in [2.75, 3.05) is 7.11 Å². The molecule has 1 aromatic heterocycles. The van der Waals surface area contributed by atoms with Crippen LogP contribution in [0.25, 0.3) is 17.0 Å². The lowest BCUT2D eigenvalue weighted by molar-refractivity contribution is -0.129. The predicted molar refractivity (Wildman–Crippen MR) is 109 cm³/mol. The number of aliphatic imine (C=N–C) groups is 1. The topological polar surface area (TPSA) is 78.1 Å². The van der Waals surface area contributed by atoms with E-state index in [1.54, 1.807) is 37.4 Å². The first-order chi connectivity index (χ1) is 13.5. The molecule has 2 heterocycles. The molecule has 4 rings (SSSR count). The Labute approximate surface area is 172 Å². The third-order valence-electron chi connectivity index (χ3n) is 4.08. The fourth-order valence-corrected chi connectivity index (χ4v) is 3.39. The van der Waals surface area contributed by atoms with Crippen LogP contribution in [0.1, 0.15) is 11.1 Å². The summed E-state index contributed by atoms with van der Waals surface area (Å²) in [5, 5.41) is 0.727. The number of hydrogen-bond acceptors (Lipinski definition) is 6. The third-order valence-corrected chi connectivity index (χ3v) is 4.97. The van der Waals surface area contributed by atoms with Crippen molar-refractivity contribution in [1.29, 1.82) is 0 Å². The van der Waals surface area contributed by atoms with Crippen molar-refractivity contribution in [3.8, 4) is 5.75 Å². The van der Waals surface area contributed by atoms with E-state index >= 15 is 0 Å². The van der Waals surface area contributed by atoms with Crippen molar-refractivity contribution < 1.29 is 18.7 Å². The number of carbonyl (C=O) groups is 1. The zero-order valence-electron chi connectivity index (χ0n) is 14.4. The Balaban J connectivity index is 1.76. The molecule has 0 saturated heterocycles. The van der Waals surface area contributed by atoms with E-state index < -0.39 is 5.97 Å². The van der Waals surface area contributed by atoms with Gasteiger partial charge in [0.15, 0.2) is 11.1 Å². The van der Waals surface area contributed by atoms with Crippen molar-refractivity contribution >= 4 is 56.4 Å². The number of nitrogens with zero attached hydrogens (tertiary/aromatic N) is 1. The van der Waals surface area contributed by atoms with Gasteiger partial charge in [0.2, 0.25) is 5.90 Å². The molecule has 28 heavy (non-hydrogen) atoms. The first-order valence-corrected chi connectivity index (χ1v) is 9.21. The number of halogens is 2. The molecule has 8 heteroatoms. The Hall–Kier alpha value is -2.90. The highest BCUT2D eigenvalue weighted by Gasteiger charge is 2.26. The summed E-state index contributed by atoms with van der Waals surface area (Å²) in [4.78, 5) is 29.1. The Morgan fingerprint density at radius 3 is 2.75 bits per heavy atom. The van der Waals surface area contributed by atoms with Crippen LogP contribution >= 0.6 is 27.5 Å². The molecule has 0 fully saturated rings. The minimum atomic E-state index is -0.664. The maximum Gasteiger partial charge on any atom is 0.363 e. The second-order valence-electron chi connectivity index (χ2n) is 5.84. The van der Waals surface area contributed by atoms with Gasteiger partial charge in [0, 0.05) is 9.50 Å². The summed E-state index contributed by atoms with van der Waals surface area (Å²) in [5.41, 5.74) is 0.817. The molecule has 3 aromatic rings. The molecule has 1 aliphatic heterocycles. The van der Waals surface area contributed by atoms with Crippen LogP contribution < -0.4 is 10.2 Å². The van der Waals surface area contributed by atoms with E-state index in [1.807, 2.05) is 0 Å². The Morgan fingerprint density at radius 1 is 1.18 bits per heavy atom. The lowest BCUT2D eigenvalue weighted by Gasteiger charge is -2.05. The van der Waals surface area contributed by atoms with Crippen LogP contribution in [0.4, 0.5) is 0 Å². The number of rotatable bonds is 3. The van der Waals surface area contributed by atoms with Gasteiger partial charge < -0.3 is 13.9 Å². The first-order valence-electron chi connectivity index (χ1n) is 8.04. The monoisotopic (exact) mass is 459 g/mol. The summed E-state index contributed by atoms with van der Waals surface area (Å²) in [6, 6.07) is 9.92. The fourth-order valence-electron chi connectivity index (χ4n) is 2.69. The highest BCUT2D eigenvalue weighted by Crippen LogP contribution is 2.27. The van der Waals surface area contributed by atoms with E-state index in [2.05, 4.69) is 20.9 Å². The van der Waals surface area contributed by atoms with E-state index in [9.17, 15) is 9.59 Å². The SMILES string of the molecule is COc1ccc(C2=NC(=Cc3coc4ccc(Cl)cc4c3=O)C(=O)O2)c(Br)c1. The van der Waals surface area contributed by atoms with Crippen LogP contribution in [0.2, 0.25) is 5.02 Å². The highest BCUT2D eigenvalue weighted by molar-refractivity contribution is 9.10. The number of fused-ring (bicyclic) bond motifs is 1. The van der Waals surface area contributed by atoms with Gasteiger partial charge in [-0.3, -0.25) is 4.79 Å². The molecule has 0 aliphatic carbocycles. The average Bonchev–Trinajstić information content (AvgIpc) is 3.04. The molecule has 0 N–H and O–H groups in total. The van der Waals surface area contributed by atoms with Gasteiger partial charge in [-0.25, -0.2) is 9.79 Å². The molecular weight excluding hydrogens is 450 g/mol. The van der Waals surface area contributed by atoms with Crippen molar-refractivity contribution in [2.24, 2.45) is 4.99 Å². The second-order valence-corrected chi connectivity index (χ2v) is 7.13. The highest BCUT2D eigenvalue weighted by atomic mass is 79.9. The molecule has 0 spiro atoms. The Bertz CT molecular complexity index is 1250. The van der Waals surface area contributed by atoms with Gasteiger partial charge in [0.25, 0.3) is 0 Å². The Kier molecular flexibility index (Phi) is 4.78. The third kappa shape index (κ3) is 3.34. The maximum atomic E-state index is 12.7. The van der Waals surface area contributed by atoms with E-state index in [0.717, 1.165) is 0 Å². The zero-order chi connectivity index (χ0) is 19.8. The van der Waals surface area contributed by atoms with Gasteiger partial charge in [-0.15, -0.1) is 0 Å². The molecule has 140 valence electrons. The number of carbonyl (C=O) groups excluding carboxylic acids is 1. The molecule has 0 bridgehead atoms. The van der Waals surface area contributed by atoms with E-state index in [0.29, 0.717) is 31.8 Å². The summed E-state index contributed by atoms with van der Waals surface area (Å²) < 4.78 is 16.5. The number of methoxy groups -OCH3 is 1. The largest absolute Gasteiger partial charge is 0.497 e. The lowest BCUT2D eigenvalue weighted by Crippen LogP contribution is -2.07. The smallest absolute Gasteiger partial charge is 0.363 e. The molecule has 0 radical (unpaired) electrons. The van der Waals surface area contributed by atoms with Crippen molar-refractivity contribution in [1.82, 2.24) is 0 Å². The molecule has 2 aromatic carbocycles.